The van der Waals surface area contributed by atoms with Gasteiger partial charge in [0.25, 0.3) is 0 Å². The lowest BCUT2D eigenvalue weighted by molar-refractivity contribution is -0.0931. The number of allylic oxidation sites excluding steroid dienone is 4. The molecule has 0 bridgehead atoms. The molecule has 0 heterocycles. The molecule has 4 heteroatoms. The Morgan fingerprint density at radius 3 is 2.24 bits per heavy atom. The van der Waals surface area contributed by atoms with E-state index < -0.39 is 6.61 Å². The van der Waals surface area contributed by atoms with Crippen LogP contribution in [0.4, 0.5) is 8.78 Å². The SMILES string of the molecule is C=C/C=C\C(OC(F)F)=C(/C=C)NC(C)(C)C. The van der Waals surface area contributed by atoms with Gasteiger partial charge in [0, 0.05) is 5.54 Å². The first-order valence-corrected chi connectivity index (χ1v) is 5.19. The van der Waals surface area contributed by atoms with Crippen molar-refractivity contribution in [3.05, 3.63) is 48.9 Å². The lowest BCUT2D eigenvalue weighted by atomic mass is 10.1. The molecule has 0 aromatic heterocycles. The number of rotatable bonds is 6. The molecular formula is C13H19F2NO. The zero-order valence-corrected chi connectivity index (χ0v) is 10.5. The van der Waals surface area contributed by atoms with Crippen LogP contribution in [0.1, 0.15) is 20.8 Å². The maximum absolute atomic E-state index is 12.3. The van der Waals surface area contributed by atoms with Gasteiger partial charge in [-0.25, -0.2) is 0 Å². The van der Waals surface area contributed by atoms with E-state index in [9.17, 15) is 8.78 Å². The van der Waals surface area contributed by atoms with Crippen LogP contribution < -0.4 is 5.32 Å². The van der Waals surface area contributed by atoms with E-state index in [1.54, 1.807) is 0 Å². The molecule has 0 rings (SSSR count). The summed E-state index contributed by atoms with van der Waals surface area (Å²) >= 11 is 0. The number of hydrogen-bond acceptors (Lipinski definition) is 2. The van der Waals surface area contributed by atoms with Crippen LogP contribution in [-0.2, 0) is 4.74 Å². The third-order valence-corrected chi connectivity index (χ3v) is 1.58. The van der Waals surface area contributed by atoms with E-state index in [4.69, 9.17) is 0 Å². The summed E-state index contributed by atoms with van der Waals surface area (Å²) in [6.07, 6.45) is 5.85. The van der Waals surface area contributed by atoms with Crippen LogP contribution in [-0.4, -0.2) is 12.2 Å². The Balaban J connectivity index is 5.19. The van der Waals surface area contributed by atoms with Gasteiger partial charge in [0.1, 0.15) is 5.76 Å². The highest BCUT2D eigenvalue weighted by Gasteiger charge is 2.14. The van der Waals surface area contributed by atoms with Crippen molar-refractivity contribution in [2.75, 3.05) is 0 Å². The molecule has 0 aromatic carbocycles. The molecule has 0 aliphatic heterocycles. The molecule has 1 N–H and O–H groups in total. The monoisotopic (exact) mass is 243 g/mol. The van der Waals surface area contributed by atoms with Gasteiger partial charge in [-0.2, -0.15) is 8.78 Å². The summed E-state index contributed by atoms with van der Waals surface area (Å²) in [6.45, 7) is 9.90. The number of halogens is 2. The lowest BCUT2D eigenvalue weighted by Crippen LogP contribution is -2.35. The average Bonchev–Trinajstić information content (AvgIpc) is 2.19. The van der Waals surface area contributed by atoms with Gasteiger partial charge in [0.15, 0.2) is 0 Å². The smallest absolute Gasteiger partial charge is 0.387 e. The molecule has 0 saturated heterocycles. The first kappa shape index (κ1) is 15.4. The predicted molar refractivity (Wildman–Crippen MR) is 66.5 cm³/mol. The molecular weight excluding hydrogens is 224 g/mol. The summed E-state index contributed by atoms with van der Waals surface area (Å²) in [5, 5.41) is 3.04. The first-order valence-electron chi connectivity index (χ1n) is 5.19. The highest BCUT2D eigenvalue weighted by Crippen LogP contribution is 2.15. The number of hydrogen-bond donors (Lipinski definition) is 1. The molecule has 0 unspecified atom stereocenters. The van der Waals surface area contributed by atoms with Crippen molar-refractivity contribution in [3.8, 4) is 0 Å². The lowest BCUT2D eigenvalue weighted by Gasteiger charge is -2.24. The molecule has 0 radical (unpaired) electrons. The van der Waals surface area contributed by atoms with Gasteiger partial charge in [0.2, 0.25) is 0 Å². The summed E-state index contributed by atoms with van der Waals surface area (Å²) < 4.78 is 29.0. The maximum Gasteiger partial charge on any atom is 0.387 e. The number of nitrogens with one attached hydrogen (secondary N) is 1. The third-order valence-electron chi connectivity index (χ3n) is 1.58. The van der Waals surface area contributed by atoms with Crippen molar-refractivity contribution in [3.63, 3.8) is 0 Å². The maximum atomic E-state index is 12.3. The van der Waals surface area contributed by atoms with Gasteiger partial charge in [-0.3, -0.25) is 0 Å². The Hall–Kier alpha value is -1.58. The van der Waals surface area contributed by atoms with E-state index >= 15 is 0 Å². The molecule has 0 aromatic rings. The van der Waals surface area contributed by atoms with Crippen molar-refractivity contribution in [2.24, 2.45) is 0 Å². The molecule has 0 aliphatic carbocycles. The zero-order chi connectivity index (χ0) is 13.5. The van der Waals surface area contributed by atoms with Gasteiger partial charge >= 0.3 is 6.61 Å². The molecule has 0 saturated carbocycles. The zero-order valence-electron chi connectivity index (χ0n) is 10.5. The van der Waals surface area contributed by atoms with Gasteiger partial charge < -0.3 is 10.1 Å². The molecule has 0 amide bonds. The van der Waals surface area contributed by atoms with Crippen molar-refractivity contribution in [2.45, 2.75) is 32.9 Å². The largest absolute Gasteiger partial charge is 0.433 e. The van der Waals surface area contributed by atoms with E-state index in [1.165, 1.54) is 24.3 Å². The molecule has 0 spiro atoms. The van der Waals surface area contributed by atoms with Gasteiger partial charge in [0.05, 0.1) is 5.70 Å². The predicted octanol–water partition coefficient (Wildman–Crippen LogP) is 3.75. The fraction of sp³-hybridized carbons (Fsp3) is 0.385. The van der Waals surface area contributed by atoms with Crippen molar-refractivity contribution >= 4 is 0 Å². The van der Waals surface area contributed by atoms with Crippen molar-refractivity contribution < 1.29 is 13.5 Å². The molecule has 2 nitrogen and oxygen atoms in total. The van der Waals surface area contributed by atoms with E-state index in [-0.39, 0.29) is 11.3 Å². The highest BCUT2D eigenvalue weighted by molar-refractivity contribution is 5.29. The Kier molecular flexibility index (Phi) is 6.25. The average molecular weight is 243 g/mol. The Bertz CT molecular complexity index is 325. The normalized spacial score (nSPS) is 13.5. The minimum Gasteiger partial charge on any atom is -0.433 e. The Morgan fingerprint density at radius 2 is 1.88 bits per heavy atom. The van der Waals surface area contributed by atoms with Crippen molar-refractivity contribution in [1.82, 2.24) is 5.32 Å². The summed E-state index contributed by atoms with van der Waals surface area (Å²) in [7, 11) is 0. The number of alkyl halides is 2. The minimum absolute atomic E-state index is 0.0322. The fourth-order valence-electron chi connectivity index (χ4n) is 1.06. The molecule has 0 aliphatic rings. The van der Waals surface area contributed by atoms with E-state index in [2.05, 4.69) is 23.2 Å². The standard InChI is InChI=1S/C13H19F2NO/c1-6-8-9-11(17-12(14)15)10(7-2)16-13(3,4)5/h6-9,12,16H,1-2H2,3-5H3/b9-8-,11-10-. The second-order valence-corrected chi connectivity index (χ2v) is 4.33. The van der Waals surface area contributed by atoms with Crippen LogP contribution in [0, 0.1) is 0 Å². The van der Waals surface area contributed by atoms with Crippen LogP contribution >= 0.6 is 0 Å². The summed E-state index contributed by atoms with van der Waals surface area (Å²) in [4.78, 5) is 0. The van der Waals surface area contributed by atoms with Gasteiger partial charge in [-0.1, -0.05) is 25.3 Å². The van der Waals surface area contributed by atoms with Crippen LogP contribution in [0.2, 0.25) is 0 Å². The topological polar surface area (TPSA) is 21.3 Å². The minimum atomic E-state index is -2.88. The molecule has 0 fully saturated rings. The van der Waals surface area contributed by atoms with E-state index in [0.29, 0.717) is 5.70 Å². The van der Waals surface area contributed by atoms with Gasteiger partial charge in [-0.05, 0) is 32.9 Å². The summed E-state index contributed by atoms with van der Waals surface area (Å²) in [6, 6.07) is 0. The van der Waals surface area contributed by atoms with E-state index in [0.717, 1.165) is 0 Å². The van der Waals surface area contributed by atoms with E-state index in [1.807, 2.05) is 20.8 Å². The number of ether oxygens (including phenoxy) is 1. The summed E-state index contributed by atoms with van der Waals surface area (Å²) in [5.74, 6) is 0.0322. The van der Waals surface area contributed by atoms with Gasteiger partial charge in [-0.15, -0.1) is 0 Å². The molecule has 17 heavy (non-hydrogen) atoms. The van der Waals surface area contributed by atoms with Crippen LogP contribution in [0.3, 0.4) is 0 Å². The quantitative estimate of drug-likeness (QED) is 0.566. The second-order valence-electron chi connectivity index (χ2n) is 4.33. The van der Waals surface area contributed by atoms with Crippen LogP contribution in [0.15, 0.2) is 48.9 Å². The second kappa shape index (κ2) is 6.89. The highest BCUT2D eigenvalue weighted by atomic mass is 19.3. The first-order chi connectivity index (χ1) is 7.80. The Labute approximate surface area is 101 Å². The summed E-state index contributed by atoms with van der Waals surface area (Å²) in [5.41, 5.74) is 0.137. The molecule has 0 atom stereocenters. The van der Waals surface area contributed by atoms with Crippen LogP contribution in [0.5, 0.6) is 0 Å². The Morgan fingerprint density at radius 1 is 1.29 bits per heavy atom. The molecule has 96 valence electrons. The fourth-order valence-corrected chi connectivity index (χ4v) is 1.06. The third kappa shape index (κ3) is 7.33. The van der Waals surface area contributed by atoms with Crippen molar-refractivity contribution in [1.29, 1.82) is 0 Å². The van der Waals surface area contributed by atoms with Crippen LogP contribution in [0.25, 0.3) is 0 Å².